The summed E-state index contributed by atoms with van der Waals surface area (Å²) in [5.41, 5.74) is -2.88. The highest BCUT2D eigenvalue weighted by atomic mass is 32.1. The van der Waals surface area contributed by atoms with Crippen LogP contribution in [-0.4, -0.2) is 98.8 Å². The Morgan fingerprint density at radius 3 is 2.25 bits per heavy atom. The number of carbonyl (C=O) groups is 4. The van der Waals surface area contributed by atoms with Crippen LogP contribution in [0.1, 0.15) is 82.7 Å². The number of aliphatic hydroxyl groups is 1. The summed E-state index contributed by atoms with van der Waals surface area (Å²) in [6.07, 6.45) is -4.05. The molecule has 2 aliphatic rings. The first kappa shape index (κ1) is 57.6. The number of aryl methyl sites for hydroxylation is 1. The lowest BCUT2D eigenvalue weighted by Crippen LogP contribution is -2.58. The van der Waals surface area contributed by atoms with Crippen LogP contribution in [-0.2, 0) is 36.6 Å². The second-order valence-corrected chi connectivity index (χ2v) is 21.2. The minimum atomic E-state index is -5.31. The van der Waals surface area contributed by atoms with E-state index in [-0.39, 0.29) is 44.0 Å². The molecule has 15 nitrogen and oxygen atoms in total. The second-order valence-electron chi connectivity index (χ2n) is 19.9. The number of aliphatic hydroxyl groups excluding tert-OH is 1. The van der Waals surface area contributed by atoms with E-state index < -0.39 is 122 Å². The Balaban J connectivity index is 0.870. The molecule has 2 aliphatic heterocycles. The minimum Gasteiger partial charge on any atom is -0.488 e. The van der Waals surface area contributed by atoms with E-state index in [1.165, 1.54) is 36.2 Å². The number of unbranched alkanes of at least 4 members (excludes halogenated alkanes) is 2. The maximum absolute atomic E-state index is 15.8. The number of pyridine rings is 1. The van der Waals surface area contributed by atoms with Gasteiger partial charge in [0.25, 0.3) is 5.91 Å². The zero-order chi connectivity index (χ0) is 56.3. The fraction of sp³-hybridized carbons (Fsp3) is 0.396. The van der Waals surface area contributed by atoms with Crippen molar-refractivity contribution >= 4 is 63.7 Å². The monoisotopic (exact) mass is 1110 g/mol. The van der Waals surface area contributed by atoms with E-state index in [9.17, 15) is 37.5 Å². The first-order valence-corrected chi connectivity index (χ1v) is 25.4. The Kier molecular flexibility index (Phi) is 17.4. The number of anilines is 2. The van der Waals surface area contributed by atoms with Crippen LogP contribution in [0.3, 0.4) is 0 Å². The van der Waals surface area contributed by atoms with Crippen LogP contribution in [0.25, 0.3) is 21.7 Å². The zero-order valence-corrected chi connectivity index (χ0v) is 44.1. The fourth-order valence-corrected chi connectivity index (χ4v) is 10.3. The van der Waals surface area contributed by atoms with Crippen molar-refractivity contribution in [1.29, 1.82) is 5.26 Å². The van der Waals surface area contributed by atoms with Gasteiger partial charge in [-0.1, -0.05) is 45.0 Å². The van der Waals surface area contributed by atoms with Crippen LogP contribution in [0.2, 0.25) is 0 Å². The molecule has 3 atom stereocenters. The number of thiocarbonyl (C=S) groups is 1. The number of amides is 4. The fourth-order valence-electron chi connectivity index (χ4n) is 8.95. The number of benzene rings is 3. The average Bonchev–Trinajstić information content (AvgIpc) is 4.08. The average molecular weight is 1110 g/mol. The van der Waals surface area contributed by atoms with Crippen molar-refractivity contribution in [3.05, 3.63) is 112 Å². The van der Waals surface area contributed by atoms with Crippen LogP contribution in [0.5, 0.6) is 5.75 Å². The topological polar surface area (TPSA) is 190 Å². The first-order chi connectivity index (χ1) is 36.2. The number of nitrogens with zero attached hydrogens (tertiary/aromatic N) is 6. The molecule has 0 spiro atoms. The third-order valence-electron chi connectivity index (χ3n) is 12.9. The van der Waals surface area contributed by atoms with Gasteiger partial charge in [0, 0.05) is 37.7 Å². The zero-order valence-electron chi connectivity index (χ0n) is 42.5. The third kappa shape index (κ3) is 12.5. The molecular formula is C53H53F7N8O7S2. The Hall–Kier alpha value is -7.07. The highest BCUT2D eigenvalue weighted by Gasteiger charge is 2.52. The van der Waals surface area contributed by atoms with Crippen LogP contribution in [0.4, 0.5) is 42.1 Å². The summed E-state index contributed by atoms with van der Waals surface area (Å²) in [5, 5.41) is 24.8. The number of hydrogen-bond donors (Lipinski definition) is 3. The number of aromatic nitrogens is 2. The lowest BCUT2D eigenvalue weighted by molar-refractivity contribution is -0.144. The van der Waals surface area contributed by atoms with Gasteiger partial charge < -0.3 is 35.0 Å². The summed E-state index contributed by atoms with van der Waals surface area (Å²) in [5.74, 6) is -8.72. The number of thiazole rings is 1. The Labute approximate surface area is 448 Å². The lowest BCUT2D eigenvalue weighted by Gasteiger charge is -2.35. The van der Waals surface area contributed by atoms with Gasteiger partial charge in [-0.05, 0) is 93.1 Å². The first-order valence-electron chi connectivity index (χ1n) is 24.1. The van der Waals surface area contributed by atoms with Crippen LogP contribution < -0.4 is 25.2 Å². The number of β-amino-alcohol motifs (C(OH)–C–C–N with tert-alkyl or cyclic N) is 1. The van der Waals surface area contributed by atoms with Gasteiger partial charge in [-0.25, -0.2) is 22.5 Å². The van der Waals surface area contributed by atoms with Crippen molar-refractivity contribution in [2.75, 3.05) is 36.2 Å². The molecule has 77 heavy (non-hydrogen) atoms. The van der Waals surface area contributed by atoms with Crippen molar-refractivity contribution in [1.82, 2.24) is 25.5 Å². The molecule has 2 fully saturated rings. The van der Waals surface area contributed by atoms with Crippen molar-refractivity contribution in [3.63, 3.8) is 0 Å². The van der Waals surface area contributed by atoms with Crippen LogP contribution in [0, 0.1) is 46.9 Å². The molecule has 3 aromatic carbocycles. The molecule has 0 radical (unpaired) electrons. The Morgan fingerprint density at radius 1 is 0.961 bits per heavy atom. The smallest absolute Gasteiger partial charge is 0.420 e. The van der Waals surface area contributed by atoms with Gasteiger partial charge >= 0.3 is 6.18 Å². The van der Waals surface area contributed by atoms with Gasteiger partial charge in [0.05, 0.1) is 58.0 Å². The summed E-state index contributed by atoms with van der Waals surface area (Å²) in [7, 11) is 0. The SMILES string of the molecule is Cc1ncsc1-c1ccc(CNC(=O)[C@@H]2C[C@@H](O)CN2C(=O)[C@@H](NC(=O)COCCCCCOc2c(F)cc(-c3ncc(N4C(=S)N(c5ccc(C#N)c(C(F)(F)F)c5F)C(=O)C4(C)C)cc3F)cc2F)C(C)(C)C)cc1. The van der Waals surface area contributed by atoms with Gasteiger partial charge in [0.1, 0.15) is 35.5 Å². The number of nitriles is 1. The van der Waals surface area contributed by atoms with Gasteiger partial charge in [-0.15, -0.1) is 11.3 Å². The number of carbonyl (C=O) groups excluding carboxylic acids is 4. The quantitative estimate of drug-likeness (QED) is 0.0430. The number of alkyl halides is 3. The molecule has 0 bridgehead atoms. The van der Waals surface area contributed by atoms with Crippen molar-refractivity contribution in [2.24, 2.45) is 5.41 Å². The molecule has 7 rings (SSSR count). The van der Waals surface area contributed by atoms with Crippen molar-refractivity contribution < 1.29 is 64.5 Å². The molecule has 0 saturated carbocycles. The Bertz CT molecular complexity index is 3100. The predicted molar refractivity (Wildman–Crippen MR) is 274 cm³/mol. The number of ether oxygens (including phenoxy) is 2. The lowest BCUT2D eigenvalue weighted by atomic mass is 9.85. The van der Waals surface area contributed by atoms with E-state index in [0.29, 0.717) is 30.2 Å². The minimum absolute atomic E-state index is 0.0243. The van der Waals surface area contributed by atoms with E-state index >= 15 is 17.6 Å². The van der Waals surface area contributed by atoms with E-state index in [2.05, 4.69) is 20.6 Å². The number of rotatable bonds is 18. The summed E-state index contributed by atoms with van der Waals surface area (Å²) in [6, 6.07) is 10.8. The molecule has 4 heterocycles. The van der Waals surface area contributed by atoms with Gasteiger partial charge in [-0.2, -0.15) is 18.4 Å². The number of halogens is 7. The summed E-state index contributed by atoms with van der Waals surface area (Å²) in [4.78, 5) is 66.2. The Morgan fingerprint density at radius 2 is 1.64 bits per heavy atom. The van der Waals surface area contributed by atoms with E-state index in [1.807, 2.05) is 31.2 Å². The maximum Gasteiger partial charge on any atom is 0.420 e. The molecule has 24 heteroatoms. The summed E-state index contributed by atoms with van der Waals surface area (Å²) < 4.78 is 114. The van der Waals surface area contributed by atoms with E-state index in [1.54, 1.807) is 26.3 Å². The van der Waals surface area contributed by atoms with Gasteiger partial charge in [0.2, 0.25) is 17.7 Å². The molecule has 2 saturated heterocycles. The third-order valence-corrected chi connectivity index (χ3v) is 14.3. The van der Waals surface area contributed by atoms with Gasteiger partial charge in [-0.3, -0.25) is 29.1 Å². The number of likely N-dealkylation sites (tertiary alicyclic amines) is 1. The van der Waals surface area contributed by atoms with E-state index in [4.69, 9.17) is 27.0 Å². The number of hydrogen-bond acceptors (Lipinski definition) is 12. The normalized spacial score (nSPS) is 16.9. The second kappa shape index (κ2) is 23.3. The molecular weight excluding hydrogens is 1060 g/mol. The molecule has 0 unspecified atom stereocenters. The standard InChI is InChI=1S/C53H53F7N8O7S2/c1-28-45(77-27-64-28)30-12-10-29(11-13-30)23-63-47(71)39-21-34(69)25-66(39)48(72)46(51(2,3)4)65-40(70)26-74-16-8-7-9-17-75-44-36(55)18-32(19-37(44)56)43-35(54)20-33(24-62-43)68-50(76)67(49(73)52(68,5)6)38-15-14-31(22-61)41(42(38)57)53(58,59)60/h10-15,18-20,24,27,34,39,46,69H,7-9,16-17,21,23,25-26H2,1-6H3,(H,63,71)(H,65,70)/t34-,39+,46-/m1/s1. The summed E-state index contributed by atoms with van der Waals surface area (Å²) >= 11 is 6.93. The molecule has 5 aromatic rings. The highest BCUT2D eigenvalue weighted by Crippen LogP contribution is 2.43. The molecule has 2 aromatic heterocycles. The van der Waals surface area contributed by atoms with Gasteiger partial charge in [0.15, 0.2) is 34.1 Å². The predicted octanol–water partition coefficient (Wildman–Crippen LogP) is 8.92. The van der Waals surface area contributed by atoms with Crippen molar-refractivity contribution in [2.45, 2.75) is 104 Å². The summed E-state index contributed by atoms with van der Waals surface area (Å²) in [6.45, 7) is 9.46. The van der Waals surface area contributed by atoms with Crippen LogP contribution >= 0.6 is 23.6 Å². The molecule has 4 amide bonds. The number of nitrogens with one attached hydrogen (secondary N) is 2. The molecule has 408 valence electrons. The molecule has 0 aliphatic carbocycles. The van der Waals surface area contributed by atoms with Crippen LogP contribution in [0.15, 0.2) is 66.3 Å². The largest absolute Gasteiger partial charge is 0.488 e. The maximum atomic E-state index is 15.8. The van der Waals surface area contributed by atoms with E-state index in [0.717, 1.165) is 57.1 Å². The molecule has 3 N–H and O–H groups in total. The van der Waals surface area contributed by atoms with Crippen molar-refractivity contribution in [3.8, 4) is 33.5 Å². The highest BCUT2D eigenvalue weighted by molar-refractivity contribution is 7.81.